The van der Waals surface area contributed by atoms with E-state index in [2.05, 4.69) is 21.2 Å². The number of nitriles is 1. The molecular formula is C25H20BrClN2O2. The van der Waals surface area contributed by atoms with Gasteiger partial charge in [-0.15, -0.1) is 0 Å². The van der Waals surface area contributed by atoms with Crippen LogP contribution < -0.4 is 10.1 Å². The molecule has 1 N–H and O–H groups in total. The van der Waals surface area contributed by atoms with Crippen molar-refractivity contribution in [2.45, 2.75) is 20.5 Å². The number of carbonyl (C=O) groups is 1. The number of aryl methyl sites for hydroxylation is 2. The van der Waals surface area contributed by atoms with Gasteiger partial charge in [0.1, 0.15) is 24.0 Å². The maximum atomic E-state index is 12.5. The molecule has 0 unspecified atom stereocenters. The van der Waals surface area contributed by atoms with Crippen molar-refractivity contribution in [3.8, 4) is 11.8 Å². The lowest BCUT2D eigenvalue weighted by Crippen LogP contribution is -2.13. The highest BCUT2D eigenvalue weighted by Crippen LogP contribution is 2.28. The minimum absolute atomic E-state index is 0.0167. The van der Waals surface area contributed by atoms with E-state index in [9.17, 15) is 10.1 Å². The maximum absolute atomic E-state index is 12.5. The lowest BCUT2D eigenvalue weighted by molar-refractivity contribution is -0.112. The Balaban J connectivity index is 1.70. The summed E-state index contributed by atoms with van der Waals surface area (Å²) in [5.41, 5.74) is 4.39. The van der Waals surface area contributed by atoms with Gasteiger partial charge in [-0.3, -0.25) is 4.79 Å². The van der Waals surface area contributed by atoms with Gasteiger partial charge in [-0.2, -0.15) is 5.26 Å². The van der Waals surface area contributed by atoms with Crippen LogP contribution in [-0.4, -0.2) is 5.91 Å². The van der Waals surface area contributed by atoms with Gasteiger partial charge in [-0.1, -0.05) is 53.6 Å². The van der Waals surface area contributed by atoms with Crippen LogP contribution in [0.2, 0.25) is 5.02 Å². The van der Waals surface area contributed by atoms with Crippen molar-refractivity contribution in [2.24, 2.45) is 0 Å². The first kappa shape index (κ1) is 22.6. The number of hydrogen-bond donors (Lipinski definition) is 1. The van der Waals surface area contributed by atoms with Gasteiger partial charge >= 0.3 is 0 Å². The summed E-state index contributed by atoms with van der Waals surface area (Å²) in [5, 5.41) is 12.7. The molecule has 0 atom stereocenters. The Morgan fingerprint density at radius 3 is 2.52 bits per heavy atom. The van der Waals surface area contributed by atoms with Gasteiger partial charge < -0.3 is 10.1 Å². The number of nitrogens with one attached hydrogen (secondary N) is 1. The molecule has 0 saturated carbocycles. The van der Waals surface area contributed by atoms with E-state index >= 15 is 0 Å². The summed E-state index contributed by atoms with van der Waals surface area (Å²) in [7, 11) is 0. The molecule has 0 bridgehead atoms. The normalized spacial score (nSPS) is 11.0. The quantitative estimate of drug-likeness (QED) is 0.301. The van der Waals surface area contributed by atoms with Crippen molar-refractivity contribution in [3.05, 3.63) is 98.0 Å². The average molecular weight is 496 g/mol. The first-order valence-electron chi connectivity index (χ1n) is 9.53. The Morgan fingerprint density at radius 2 is 1.87 bits per heavy atom. The van der Waals surface area contributed by atoms with Crippen LogP contribution >= 0.6 is 27.5 Å². The number of hydrogen-bond acceptors (Lipinski definition) is 3. The zero-order valence-corrected chi connectivity index (χ0v) is 19.4. The Hall–Kier alpha value is -3.07. The first-order valence-corrected chi connectivity index (χ1v) is 10.7. The summed E-state index contributed by atoms with van der Waals surface area (Å²) in [6.45, 7) is 4.36. The van der Waals surface area contributed by atoms with Gasteiger partial charge in [0.2, 0.25) is 0 Å². The minimum Gasteiger partial charge on any atom is -0.488 e. The van der Waals surface area contributed by atoms with Crippen molar-refractivity contribution in [1.29, 1.82) is 5.26 Å². The fourth-order valence-corrected chi connectivity index (χ4v) is 3.45. The molecule has 3 rings (SSSR count). The first-order chi connectivity index (χ1) is 14.9. The number of halogens is 2. The summed E-state index contributed by atoms with van der Waals surface area (Å²) in [4.78, 5) is 12.5. The molecule has 31 heavy (non-hydrogen) atoms. The van der Waals surface area contributed by atoms with Crippen LogP contribution in [0.5, 0.6) is 5.75 Å². The van der Waals surface area contributed by atoms with E-state index in [1.54, 1.807) is 36.4 Å². The SMILES string of the molecule is Cc1ccc(COc2ccc(/C=C(/C#N)C(=O)Nc3ccc(C)c(Cl)c3)cc2Br)cc1. The number of ether oxygens (including phenoxy) is 1. The van der Waals surface area contributed by atoms with E-state index < -0.39 is 5.91 Å². The number of carbonyl (C=O) groups excluding carboxylic acids is 1. The predicted molar refractivity (Wildman–Crippen MR) is 128 cm³/mol. The third kappa shape index (κ3) is 6.21. The third-order valence-electron chi connectivity index (χ3n) is 4.58. The number of nitrogens with zero attached hydrogens (tertiary/aromatic N) is 1. The van der Waals surface area contributed by atoms with Crippen molar-refractivity contribution >= 4 is 45.2 Å². The summed E-state index contributed by atoms with van der Waals surface area (Å²) in [6, 6.07) is 20.7. The fraction of sp³-hybridized carbons (Fsp3) is 0.120. The minimum atomic E-state index is -0.502. The summed E-state index contributed by atoms with van der Waals surface area (Å²) >= 11 is 9.59. The monoisotopic (exact) mass is 494 g/mol. The van der Waals surface area contributed by atoms with Crippen LogP contribution in [-0.2, 0) is 11.4 Å². The Morgan fingerprint density at radius 1 is 1.13 bits per heavy atom. The molecule has 156 valence electrons. The zero-order chi connectivity index (χ0) is 22.4. The summed E-state index contributed by atoms with van der Waals surface area (Å²) in [6.07, 6.45) is 1.53. The van der Waals surface area contributed by atoms with Crippen LogP contribution in [0.15, 0.2) is 70.7 Å². The molecule has 0 saturated heterocycles. The van der Waals surface area contributed by atoms with E-state index in [0.29, 0.717) is 28.6 Å². The zero-order valence-electron chi connectivity index (χ0n) is 17.1. The number of benzene rings is 3. The molecule has 0 heterocycles. The smallest absolute Gasteiger partial charge is 0.266 e. The van der Waals surface area contributed by atoms with Gasteiger partial charge in [0.15, 0.2) is 0 Å². The van der Waals surface area contributed by atoms with E-state index in [0.717, 1.165) is 15.6 Å². The molecule has 0 aliphatic rings. The lowest BCUT2D eigenvalue weighted by atomic mass is 10.1. The highest BCUT2D eigenvalue weighted by molar-refractivity contribution is 9.10. The van der Waals surface area contributed by atoms with E-state index in [4.69, 9.17) is 16.3 Å². The summed E-state index contributed by atoms with van der Waals surface area (Å²) < 4.78 is 6.60. The molecule has 3 aromatic carbocycles. The van der Waals surface area contributed by atoms with Gasteiger partial charge in [0, 0.05) is 10.7 Å². The van der Waals surface area contributed by atoms with E-state index in [-0.39, 0.29) is 5.57 Å². The maximum Gasteiger partial charge on any atom is 0.266 e. The molecule has 6 heteroatoms. The number of amides is 1. The fourth-order valence-electron chi connectivity index (χ4n) is 2.75. The second kappa shape index (κ2) is 10.3. The molecule has 0 fully saturated rings. The Kier molecular flexibility index (Phi) is 7.51. The second-order valence-electron chi connectivity index (χ2n) is 7.05. The molecule has 0 aliphatic carbocycles. The van der Waals surface area contributed by atoms with E-state index in [1.165, 1.54) is 11.6 Å². The Labute approximate surface area is 195 Å². The standard InChI is InChI=1S/C25H20BrClN2O2/c1-16-3-6-18(7-4-16)15-31-24-10-8-19(12-22(24)26)11-20(14-28)25(30)29-21-9-5-17(2)23(27)13-21/h3-13H,15H2,1-2H3,(H,29,30)/b20-11-. The molecule has 0 radical (unpaired) electrons. The van der Waals surface area contributed by atoms with Crippen LogP contribution in [0.1, 0.15) is 22.3 Å². The van der Waals surface area contributed by atoms with Crippen molar-refractivity contribution < 1.29 is 9.53 Å². The molecular weight excluding hydrogens is 476 g/mol. The highest BCUT2D eigenvalue weighted by atomic mass is 79.9. The average Bonchev–Trinajstić information content (AvgIpc) is 2.75. The van der Waals surface area contributed by atoms with Crippen LogP contribution in [0.25, 0.3) is 6.08 Å². The van der Waals surface area contributed by atoms with Crippen LogP contribution in [0.4, 0.5) is 5.69 Å². The number of rotatable bonds is 6. The van der Waals surface area contributed by atoms with Crippen LogP contribution in [0.3, 0.4) is 0 Å². The lowest BCUT2D eigenvalue weighted by Gasteiger charge is -2.10. The number of anilines is 1. The van der Waals surface area contributed by atoms with Gasteiger partial charge in [0.25, 0.3) is 5.91 Å². The van der Waals surface area contributed by atoms with Gasteiger partial charge in [-0.25, -0.2) is 0 Å². The topological polar surface area (TPSA) is 62.1 Å². The summed E-state index contributed by atoms with van der Waals surface area (Å²) in [5.74, 6) is 0.174. The predicted octanol–water partition coefficient (Wildman–Crippen LogP) is 6.84. The second-order valence-corrected chi connectivity index (χ2v) is 8.31. The molecule has 1 amide bonds. The molecule has 4 nitrogen and oxygen atoms in total. The van der Waals surface area contributed by atoms with E-state index in [1.807, 2.05) is 44.2 Å². The highest BCUT2D eigenvalue weighted by Gasteiger charge is 2.11. The molecule has 0 aromatic heterocycles. The van der Waals surface area contributed by atoms with Crippen molar-refractivity contribution in [1.82, 2.24) is 0 Å². The third-order valence-corrected chi connectivity index (χ3v) is 5.60. The largest absolute Gasteiger partial charge is 0.488 e. The van der Waals surface area contributed by atoms with Gasteiger partial charge in [0.05, 0.1) is 4.47 Å². The molecule has 0 spiro atoms. The van der Waals surface area contributed by atoms with Crippen molar-refractivity contribution in [3.63, 3.8) is 0 Å². The Bertz CT molecular complexity index is 1180. The molecule has 0 aliphatic heterocycles. The van der Waals surface area contributed by atoms with Crippen molar-refractivity contribution in [2.75, 3.05) is 5.32 Å². The molecule has 3 aromatic rings. The van der Waals surface area contributed by atoms with Gasteiger partial charge in [-0.05, 0) is 76.8 Å². The van der Waals surface area contributed by atoms with Crippen LogP contribution in [0, 0.1) is 25.2 Å².